The Bertz CT molecular complexity index is 69.7. The van der Waals surface area contributed by atoms with Crippen LogP contribution in [0.2, 0.25) is 13.1 Å². The number of carbonyl (C=O) groups is 1. The van der Waals surface area contributed by atoms with Crippen LogP contribution >= 0.6 is 0 Å². The quantitative estimate of drug-likeness (QED) is 0.462. The van der Waals surface area contributed by atoms with Gasteiger partial charge in [-0.25, -0.2) is 0 Å². The summed E-state index contributed by atoms with van der Waals surface area (Å²) in [6, 6.07) is 0.0355. The molecule has 2 N–H and O–H groups in total. The molecule has 5 heteroatoms. The van der Waals surface area contributed by atoms with Crippen LogP contribution in [0.15, 0.2) is 0 Å². The zero-order valence-corrected chi connectivity index (χ0v) is 8.15. The molecule has 0 aromatic rings. The van der Waals surface area contributed by atoms with Gasteiger partial charge in [-0.05, 0) is 0 Å². The van der Waals surface area contributed by atoms with Gasteiger partial charge in [-0.3, -0.25) is 4.79 Å². The summed E-state index contributed by atoms with van der Waals surface area (Å²) in [7, 11) is -0.587. The summed E-state index contributed by atoms with van der Waals surface area (Å²) >= 11 is 0. The number of hydrogen-bond acceptors (Lipinski definition) is 1. The van der Waals surface area contributed by atoms with Crippen molar-refractivity contribution in [3.05, 3.63) is 0 Å². The van der Waals surface area contributed by atoms with Gasteiger partial charge in [0.05, 0.1) is 0 Å². The number of hydrogen-bond donors (Lipinski definition) is 2. The number of carbonyl (C=O) groups excluding carboxylic acids is 1. The number of rotatable bonds is 2. The summed E-state index contributed by atoms with van der Waals surface area (Å²) in [5, 5.41) is 0. The Morgan fingerprint density at radius 1 is 1.25 bits per heavy atom. The van der Waals surface area contributed by atoms with Gasteiger partial charge in [0.15, 0.2) is 0 Å². The molecule has 0 fully saturated rings. The van der Waals surface area contributed by atoms with Gasteiger partial charge in [0, 0.05) is 0 Å². The first kappa shape index (κ1) is 7.70. The number of nitrogens with one attached hydrogen (secondary N) is 2. The molecule has 0 heterocycles. The Kier molecular flexibility index (Phi) is 4.67. The Morgan fingerprint density at radius 2 is 1.62 bits per heavy atom. The predicted molar refractivity (Wildman–Crippen MR) is 40.5 cm³/mol. The third-order valence-electron chi connectivity index (χ3n) is 0.675. The van der Waals surface area contributed by atoms with Crippen molar-refractivity contribution in [3.8, 4) is 0 Å². The maximum Gasteiger partial charge on any atom is 0.298 e. The standard InChI is InChI=1S/C3H12N2OSi2/c1-7-4-3(6)5-8-2/h7-8H2,1-2H3,(H2,4,5,6). The molecule has 8 heavy (non-hydrogen) atoms. The van der Waals surface area contributed by atoms with E-state index in [1.165, 1.54) is 0 Å². The zero-order chi connectivity index (χ0) is 6.41. The molecule has 2 amide bonds. The van der Waals surface area contributed by atoms with Crippen molar-refractivity contribution < 1.29 is 4.79 Å². The first-order chi connectivity index (χ1) is 3.81. The normalized spacial score (nSPS) is 11.2. The largest absolute Gasteiger partial charge is 0.371 e. The molecule has 0 unspecified atom stereocenters. The van der Waals surface area contributed by atoms with Crippen LogP contribution in [0.5, 0.6) is 0 Å². The minimum absolute atomic E-state index is 0.0355. The lowest BCUT2D eigenvalue weighted by molar-refractivity contribution is 0.250. The Morgan fingerprint density at radius 3 is 1.88 bits per heavy atom. The topological polar surface area (TPSA) is 41.1 Å². The van der Waals surface area contributed by atoms with E-state index in [1.54, 1.807) is 0 Å². The third kappa shape index (κ3) is 3.88. The maximum absolute atomic E-state index is 10.5. The summed E-state index contributed by atoms with van der Waals surface area (Å²) < 4.78 is 0. The van der Waals surface area contributed by atoms with E-state index in [0.29, 0.717) is 0 Å². The average molecular weight is 148 g/mol. The average Bonchev–Trinajstić information content (AvgIpc) is 1.68. The first-order valence-electron chi connectivity index (χ1n) is 2.83. The van der Waals surface area contributed by atoms with Gasteiger partial charge in [-0.2, -0.15) is 0 Å². The van der Waals surface area contributed by atoms with Crippen LogP contribution in [0.1, 0.15) is 0 Å². The molecule has 48 valence electrons. The first-order valence-corrected chi connectivity index (χ1v) is 7.07. The molecule has 0 aromatic heterocycles. The summed E-state index contributed by atoms with van der Waals surface area (Å²) in [5.41, 5.74) is 0. The van der Waals surface area contributed by atoms with E-state index >= 15 is 0 Å². The molecule has 0 aromatic carbocycles. The fraction of sp³-hybridized carbons (Fsp3) is 0.667. The molecular formula is C3H12N2OSi2. The molecular weight excluding hydrogens is 136 g/mol. The fourth-order valence-electron chi connectivity index (χ4n) is 0.384. The summed E-state index contributed by atoms with van der Waals surface area (Å²) in [6.07, 6.45) is 0. The second kappa shape index (κ2) is 4.85. The Labute approximate surface area is 54.0 Å². The highest BCUT2D eigenvalue weighted by molar-refractivity contribution is 6.40. The molecule has 3 nitrogen and oxygen atoms in total. The number of urea groups is 1. The van der Waals surface area contributed by atoms with E-state index in [-0.39, 0.29) is 25.4 Å². The highest BCUT2D eigenvalue weighted by Crippen LogP contribution is 1.57. The van der Waals surface area contributed by atoms with E-state index in [4.69, 9.17) is 0 Å². The molecule has 0 aliphatic heterocycles. The van der Waals surface area contributed by atoms with Gasteiger partial charge in [0.25, 0.3) is 6.03 Å². The van der Waals surface area contributed by atoms with Crippen LogP contribution in [-0.4, -0.2) is 25.4 Å². The fourth-order valence-corrected chi connectivity index (χ4v) is 1.53. The Hall–Kier alpha value is -0.296. The lowest BCUT2D eigenvalue weighted by Crippen LogP contribution is -2.37. The lowest BCUT2D eigenvalue weighted by Gasteiger charge is -1.99. The van der Waals surface area contributed by atoms with Crippen molar-refractivity contribution in [2.24, 2.45) is 0 Å². The van der Waals surface area contributed by atoms with Gasteiger partial charge in [-0.15, -0.1) is 0 Å². The highest BCUT2D eigenvalue weighted by atomic mass is 28.2. The van der Waals surface area contributed by atoms with Gasteiger partial charge in [0.2, 0.25) is 0 Å². The van der Waals surface area contributed by atoms with Crippen LogP contribution in [0.25, 0.3) is 0 Å². The molecule has 0 aliphatic rings. The number of amides is 2. The van der Waals surface area contributed by atoms with E-state index in [9.17, 15) is 4.79 Å². The minimum Gasteiger partial charge on any atom is -0.371 e. The summed E-state index contributed by atoms with van der Waals surface area (Å²) in [4.78, 5) is 16.0. The van der Waals surface area contributed by atoms with Gasteiger partial charge in [0.1, 0.15) is 19.4 Å². The smallest absolute Gasteiger partial charge is 0.298 e. The third-order valence-corrected chi connectivity index (χ3v) is 2.02. The van der Waals surface area contributed by atoms with E-state index < -0.39 is 0 Å². The highest BCUT2D eigenvalue weighted by Gasteiger charge is 1.90. The molecule has 0 bridgehead atoms. The van der Waals surface area contributed by atoms with Crippen molar-refractivity contribution in [3.63, 3.8) is 0 Å². The minimum atomic E-state index is -0.294. The predicted octanol–water partition coefficient (Wildman–Crippen LogP) is -1.45. The van der Waals surface area contributed by atoms with Crippen molar-refractivity contribution in [1.82, 2.24) is 9.96 Å². The molecule has 0 saturated carbocycles. The monoisotopic (exact) mass is 148 g/mol. The molecule has 0 rings (SSSR count). The summed E-state index contributed by atoms with van der Waals surface area (Å²) in [6.45, 7) is 4.08. The molecule has 0 aliphatic carbocycles. The molecule has 0 atom stereocenters. The zero-order valence-electron chi connectivity index (χ0n) is 5.32. The van der Waals surface area contributed by atoms with Gasteiger partial charge in [-0.1, -0.05) is 13.1 Å². The van der Waals surface area contributed by atoms with Gasteiger partial charge >= 0.3 is 0 Å². The van der Waals surface area contributed by atoms with E-state index in [0.717, 1.165) is 0 Å². The summed E-state index contributed by atoms with van der Waals surface area (Å²) in [5.74, 6) is 0. The molecule has 0 radical (unpaired) electrons. The van der Waals surface area contributed by atoms with E-state index in [1.807, 2.05) is 13.1 Å². The van der Waals surface area contributed by atoms with Crippen LogP contribution in [-0.2, 0) is 0 Å². The van der Waals surface area contributed by atoms with Crippen LogP contribution in [0.4, 0.5) is 4.79 Å². The van der Waals surface area contributed by atoms with Crippen molar-refractivity contribution in [1.29, 1.82) is 0 Å². The van der Waals surface area contributed by atoms with Crippen molar-refractivity contribution in [2.75, 3.05) is 0 Å². The van der Waals surface area contributed by atoms with Crippen molar-refractivity contribution in [2.45, 2.75) is 13.1 Å². The second-order valence-electron chi connectivity index (χ2n) is 1.39. The van der Waals surface area contributed by atoms with Crippen LogP contribution < -0.4 is 9.96 Å². The maximum atomic E-state index is 10.5. The SMILES string of the molecule is C[SiH2]NC(=O)N[SiH2]C. The van der Waals surface area contributed by atoms with Crippen LogP contribution in [0, 0.1) is 0 Å². The van der Waals surface area contributed by atoms with Gasteiger partial charge < -0.3 is 9.96 Å². The van der Waals surface area contributed by atoms with E-state index in [2.05, 4.69) is 9.96 Å². The molecule has 0 saturated heterocycles. The Balaban J connectivity index is 3.06. The van der Waals surface area contributed by atoms with Crippen molar-refractivity contribution >= 4 is 25.4 Å². The van der Waals surface area contributed by atoms with Crippen LogP contribution in [0.3, 0.4) is 0 Å². The molecule has 0 spiro atoms. The second-order valence-corrected chi connectivity index (χ2v) is 3.51. The lowest BCUT2D eigenvalue weighted by atomic mass is 11.2.